The summed E-state index contributed by atoms with van der Waals surface area (Å²) in [4.78, 5) is 11.5. The summed E-state index contributed by atoms with van der Waals surface area (Å²) in [5.74, 6) is 0.0813. The van der Waals surface area contributed by atoms with Gasteiger partial charge in [0, 0.05) is 19.1 Å². The molecule has 3 heteroatoms. The summed E-state index contributed by atoms with van der Waals surface area (Å²) in [6, 6.07) is 0.120. The lowest BCUT2D eigenvalue weighted by molar-refractivity contribution is -0.123. The fraction of sp³-hybridized carbons (Fsp3) is 0.909. The van der Waals surface area contributed by atoms with Crippen LogP contribution in [-0.4, -0.2) is 23.7 Å². The first kappa shape index (κ1) is 13.4. The van der Waals surface area contributed by atoms with Crippen LogP contribution in [0.3, 0.4) is 0 Å². The molecular formula is C11H23NO2. The predicted octanol–water partition coefficient (Wildman–Crippen LogP) is 1.70. The zero-order valence-electron chi connectivity index (χ0n) is 9.76. The molecule has 0 spiro atoms. The van der Waals surface area contributed by atoms with Crippen LogP contribution >= 0.6 is 0 Å². The van der Waals surface area contributed by atoms with E-state index >= 15 is 0 Å². The van der Waals surface area contributed by atoms with Gasteiger partial charge in [0.1, 0.15) is 0 Å². The van der Waals surface area contributed by atoms with Crippen LogP contribution < -0.4 is 5.32 Å². The van der Waals surface area contributed by atoms with Gasteiger partial charge in [-0.1, -0.05) is 27.7 Å². The first-order valence-corrected chi connectivity index (χ1v) is 5.29. The first-order valence-electron chi connectivity index (χ1n) is 5.29. The van der Waals surface area contributed by atoms with E-state index in [0.717, 1.165) is 6.42 Å². The number of nitrogens with one attached hydrogen (secondary N) is 1. The summed E-state index contributed by atoms with van der Waals surface area (Å²) in [7, 11) is 0. The Kier molecular flexibility index (Phi) is 5.77. The standard InChI is InChI=1S/C11H23NO2/c1-5-9(6-7-13)12-10(14)8-11(2,3)4/h9,13H,5-8H2,1-4H3,(H,12,14). The van der Waals surface area contributed by atoms with Crippen molar-refractivity contribution in [2.75, 3.05) is 6.61 Å². The van der Waals surface area contributed by atoms with E-state index in [1.807, 2.05) is 27.7 Å². The highest BCUT2D eigenvalue weighted by atomic mass is 16.3. The average Bonchev–Trinajstić information content (AvgIpc) is 2.00. The maximum Gasteiger partial charge on any atom is 0.220 e. The Morgan fingerprint density at radius 3 is 2.36 bits per heavy atom. The fourth-order valence-corrected chi connectivity index (χ4v) is 1.29. The van der Waals surface area contributed by atoms with Crippen molar-refractivity contribution in [3.8, 4) is 0 Å². The van der Waals surface area contributed by atoms with Crippen molar-refractivity contribution in [2.24, 2.45) is 5.41 Å². The Morgan fingerprint density at radius 1 is 1.43 bits per heavy atom. The van der Waals surface area contributed by atoms with Crippen molar-refractivity contribution in [2.45, 2.75) is 53.0 Å². The highest BCUT2D eigenvalue weighted by Crippen LogP contribution is 2.18. The van der Waals surface area contributed by atoms with Gasteiger partial charge in [-0.25, -0.2) is 0 Å². The molecule has 0 bridgehead atoms. The van der Waals surface area contributed by atoms with Gasteiger partial charge >= 0.3 is 0 Å². The molecule has 1 atom stereocenters. The maximum atomic E-state index is 11.5. The molecular weight excluding hydrogens is 178 g/mol. The molecule has 2 N–H and O–H groups in total. The molecule has 0 radical (unpaired) electrons. The number of hydrogen-bond donors (Lipinski definition) is 2. The number of aliphatic hydroxyl groups excluding tert-OH is 1. The van der Waals surface area contributed by atoms with Crippen molar-refractivity contribution in [3.63, 3.8) is 0 Å². The van der Waals surface area contributed by atoms with Crippen molar-refractivity contribution in [1.82, 2.24) is 5.32 Å². The van der Waals surface area contributed by atoms with Gasteiger partial charge in [0.25, 0.3) is 0 Å². The fourth-order valence-electron chi connectivity index (χ4n) is 1.29. The summed E-state index contributed by atoms with van der Waals surface area (Å²) < 4.78 is 0. The number of aliphatic hydroxyl groups is 1. The van der Waals surface area contributed by atoms with Gasteiger partial charge in [0.15, 0.2) is 0 Å². The van der Waals surface area contributed by atoms with Gasteiger partial charge in [-0.3, -0.25) is 4.79 Å². The van der Waals surface area contributed by atoms with Crippen LogP contribution in [0.4, 0.5) is 0 Å². The van der Waals surface area contributed by atoms with Crippen LogP contribution in [0.15, 0.2) is 0 Å². The molecule has 0 aliphatic carbocycles. The normalized spacial score (nSPS) is 13.8. The van der Waals surface area contributed by atoms with Crippen LogP contribution in [0.25, 0.3) is 0 Å². The van der Waals surface area contributed by atoms with E-state index in [1.54, 1.807) is 0 Å². The molecule has 0 saturated heterocycles. The third kappa shape index (κ3) is 6.89. The topological polar surface area (TPSA) is 49.3 Å². The molecule has 0 aliphatic heterocycles. The summed E-state index contributed by atoms with van der Waals surface area (Å²) in [6.07, 6.45) is 2.05. The van der Waals surface area contributed by atoms with Gasteiger partial charge < -0.3 is 10.4 Å². The van der Waals surface area contributed by atoms with Crippen LogP contribution in [0.5, 0.6) is 0 Å². The van der Waals surface area contributed by atoms with Crippen molar-refractivity contribution in [1.29, 1.82) is 0 Å². The van der Waals surface area contributed by atoms with Gasteiger partial charge in [0.05, 0.1) is 0 Å². The minimum absolute atomic E-state index is 0.0294. The molecule has 0 aromatic heterocycles. The molecule has 84 valence electrons. The smallest absolute Gasteiger partial charge is 0.220 e. The second-order valence-corrected chi connectivity index (χ2v) is 4.92. The number of carbonyl (C=O) groups excluding carboxylic acids is 1. The second kappa shape index (κ2) is 6.02. The zero-order chi connectivity index (χ0) is 11.2. The summed E-state index contributed by atoms with van der Waals surface area (Å²) >= 11 is 0. The van der Waals surface area contributed by atoms with Crippen molar-refractivity contribution in [3.05, 3.63) is 0 Å². The van der Waals surface area contributed by atoms with Gasteiger partial charge in [-0.15, -0.1) is 0 Å². The number of rotatable bonds is 5. The highest BCUT2D eigenvalue weighted by molar-refractivity contribution is 5.76. The Morgan fingerprint density at radius 2 is 2.00 bits per heavy atom. The minimum Gasteiger partial charge on any atom is -0.396 e. The molecule has 0 aromatic carbocycles. The molecule has 0 rings (SSSR count). The highest BCUT2D eigenvalue weighted by Gasteiger charge is 2.17. The average molecular weight is 201 g/mol. The lowest BCUT2D eigenvalue weighted by Crippen LogP contribution is -2.36. The molecule has 1 amide bonds. The maximum absolute atomic E-state index is 11.5. The van der Waals surface area contributed by atoms with Crippen molar-refractivity contribution < 1.29 is 9.90 Å². The van der Waals surface area contributed by atoms with Gasteiger partial charge in [-0.05, 0) is 18.3 Å². The molecule has 0 heterocycles. The lowest BCUT2D eigenvalue weighted by Gasteiger charge is -2.21. The zero-order valence-corrected chi connectivity index (χ0v) is 9.76. The van der Waals surface area contributed by atoms with E-state index in [4.69, 9.17) is 5.11 Å². The van der Waals surface area contributed by atoms with Crippen LogP contribution in [0, 0.1) is 5.41 Å². The summed E-state index contributed by atoms with van der Waals surface area (Å²) in [6.45, 7) is 8.27. The van der Waals surface area contributed by atoms with E-state index in [0.29, 0.717) is 12.8 Å². The Balaban J connectivity index is 3.91. The van der Waals surface area contributed by atoms with E-state index in [2.05, 4.69) is 5.32 Å². The summed E-state index contributed by atoms with van der Waals surface area (Å²) in [5, 5.41) is 11.7. The molecule has 0 aromatic rings. The van der Waals surface area contributed by atoms with Crippen molar-refractivity contribution >= 4 is 5.91 Å². The molecule has 0 saturated carbocycles. The monoisotopic (exact) mass is 201 g/mol. The van der Waals surface area contributed by atoms with E-state index in [1.165, 1.54) is 0 Å². The summed E-state index contributed by atoms with van der Waals surface area (Å²) in [5.41, 5.74) is 0.0294. The molecule has 14 heavy (non-hydrogen) atoms. The number of hydrogen-bond acceptors (Lipinski definition) is 2. The third-order valence-electron chi connectivity index (χ3n) is 2.03. The Bertz CT molecular complexity index is 173. The number of amides is 1. The SMILES string of the molecule is CCC(CCO)NC(=O)CC(C)(C)C. The number of carbonyl (C=O) groups is 1. The lowest BCUT2D eigenvalue weighted by atomic mass is 9.92. The largest absolute Gasteiger partial charge is 0.396 e. The molecule has 3 nitrogen and oxygen atoms in total. The third-order valence-corrected chi connectivity index (χ3v) is 2.03. The second-order valence-electron chi connectivity index (χ2n) is 4.92. The van der Waals surface area contributed by atoms with Gasteiger partial charge in [0.2, 0.25) is 5.91 Å². The first-order chi connectivity index (χ1) is 6.39. The quantitative estimate of drug-likeness (QED) is 0.711. The molecule has 0 aliphatic rings. The van der Waals surface area contributed by atoms with E-state index < -0.39 is 0 Å². The molecule has 0 fully saturated rings. The van der Waals surface area contributed by atoms with Crippen LogP contribution in [-0.2, 0) is 4.79 Å². The van der Waals surface area contributed by atoms with E-state index in [9.17, 15) is 4.79 Å². The van der Waals surface area contributed by atoms with Crippen LogP contribution in [0.2, 0.25) is 0 Å². The molecule has 1 unspecified atom stereocenters. The minimum atomic E-state index is 0.0294. The van der Waals surface area contributed by atoms with Crippen LogP contribution in [0.1, 0.15) is 47.0 Å². The van der Waals surface area contributed by atoms with E-state index in [-0.39, 0.29) is 24.0 Å². The Hall–Kier alpha value is -0.570. The van der Waals surface area contributed by atoms with Gasteiger partial charge in [-0.2, -0.15) is 0 Å². The predicted molar refractivity (Wildman–Crippen MR) is 58.0 cm³/mol. The Labute approximate surface area is 86.9 Å².